The molecule has 2 nitrogen and oxygen atoms in total. The van der Waals surface area contributed by atoms with Crippen LogP contribution in [-0.4, -0.2) is 27.0 Å². The van der Waals surface area contributed by atoms with Crippen LogP contribution in [0.3, 0.4) is 0 Å². The molecule has 0 aromatic rings. The topological polar surface area (TPSA) is 18.5 Å². The molecular formula is C13H26O2Si. The number of hydrogen-bond acceptors (Lipinski definition) is 2. The predicted molar refractivity (Wildman–Crippen MR) is 71.2 cm³/mol. The number of rotatable bonds is 5. The molecule has 2 atom stereocenters. The van der Waals surface area contributed by atoms with E-state index in [0.29, 0.717) is 5.73 Å². The second-order valence-electron chi connectivity index (χ2n) is 5.26. The molecule has 0 aromatic carbocycles. The van der Waals surface area contributed by atoms with E-state index in [1.165, 1.54) is 18.9 Å². The fourth-order valence-corrected chi connectivity index (χ4v) is 4.89. The van der Waals surface area contributed by atoms with Crippen LogP contribution in [0.1, 0.15) is 47.0 Å². The van der Waals surface area contributed by atoms with E-state index >= 15 is 0 Å². The fourth-order valence-electron chi connectivity index (χ4n) is 1.96. The van der Waals surface area contributed by atoms with Crippen molar-refractivity contribution in [2.24, 2.45) is 0 Å². The highest BCUT2D eigenvalue weighted by atomic mass is 28.3. The van der Waals surface area contributed by atoms with Crippen LogP contribution >= 0.6 is 0 Å². The highest BCUT2D eigenvalue weighted by Crippen LogP contribution is 2.25. The SMILES string of the molecule is C=C(C)C(C)(C)OC(CC)[SiH]1CCCCO1. The highest BCUT2D eigenvalue weighted by molar-refractivity contribution is 6.53. The van der Waals surface area contributed by atoms with Gasteiger partial charge < -0.3 is 9.16 Å². The third-order valence-electron chi connectivity index (χ3n) is 3.51. The van der Waals surface area contributed by atoms with Crippen LogP contribution in [0.5, 0.6) is 0 Å². The first-order valence-corrected chi connectivity index (χ1v) is 8.38. The largest absolute Gasteiger partial charge is 0.417 e. The van der Waals surface area contributed by atoms with Gasteiger partial charge in [-0.1, -0.05) is 19.9 Å². The molecule has 0 N–H and O–H groups in total. The summed E-state index contributed by atoms with van der Waals surface area (Å²) in [7, 11) is -1.15. The van der Waals surface area contributed by atoms with Gasteiger partial charge in [-0.3, -0.25) is 0 Å². The number of hydrogen-bond donors (Lipinski definition) is 0. The standard InChI is InChI=1S/C13H26O2Si/c1-6-12(15-13(4,5)11(2)3)16-10-8-7-9-14-16/h12,16H,2,6-10H2,1,3-5H3. The maximum Gasteiger partial charge on any atom is 0.205 e. The van der Waals surface area contributed by atoms with E-state index in [-0.39, 0.29) is 5.60 Å². The molecular weight excluding hydrogens is 216 g/mol. The summed E-state index contributed by atoms with van der Waals surface area (Å²) in [4.78, 5) is 0. The summed E-state index contributed by atoms with van der Waals surface area (Å²) in [6.45, 7) is 13.4. The van der Waals surface area contributed by atoms with E-state index in [9.17, 15) is 0 Å². The number of ether oxygens (including phenoxy) is 1. The molecule has 94 valence electrons. The molecule has 1 fully saturated rings. The van der Waals surface area contributed by atoms with Gasteiger partial charge in [-0.05, 0) is 45.2 Å². The minimum atomic E-state index is -1.15. The molecule has 16 heavy (non-hydrogen) atoms. The Kier molecular flexibility index (Phi) is 5.22. The van der Waals surface area contributed by atoms with Crippen LogP contribution in [0.15, 0.2) is 12.2 Å². The summed E-state index contributed by atoms with van der Waals surface area (Å²) in [5.74, 6) is 0. The van der Waals surface area contributed by atoms with Crippen molar-refractivity contribution in [3.63, 3.8) is 0 Å². The van der Waals surface area contributed by atoms with Gasteiger partial charge in [0, 0.05) is 6.61 Å². The third kappa shape index (κ3) is 3.72. The van der Waals surface area contributed by atoms with Crippen LogP contribution in [0.25, 0.3) is 0 Å². The lowest BCUT2D eigenvalue weighted by molar-refractivity contribution is -0.0229. The van der Waals surface area contributed by atoms with Gasteiger partial charge in [0.15, 0.2) is 0 Å². The van der Waals surface area contributed by atoms with Gasteiger partial charge in [-0.15, -0.1) is 0 Å². The first kappa shape index (κ1) is 13.9. The maximum absolute atomic E-state index is 6.23. The molecule has 0 amide bonds. The molecule has 0 saturated carbocycles. The van der Waals surface area contributed by atoms with Gasteiger partial charge >= 0.3 is 0 Å². The molecule has 0 spiro atoms. The average molecular weight is 242 g/mol. The second-order valence-corrected chi connectivity index (χ2v) is 7.99. The fraction of sp³-hybridized carbons (Fsp3) is 0.846. The van der Waals surface area contributed by atoms with E-state index in [0.717, 1.165) is 18.6 Å². The van der Waals surface area contributed by atoms with Crippen molar-refractivity contribution in [1.82, 2.24) is 0 Å². The Hall–Kier alpha value is -0.123. The smallest absolute Gasteiger partial charge is 0.205 e. The zero-order chi connectivity index (χ0) is 12.2. The molecule has 1 rings (SSSR count). The van der Waals surface area contributed by atoms with Gasteiger partial charge in [0.25, 0.3) is 0 Å². The monoisotopic (exact) mass is 242 g/mol. The Morgan fingerprint density at radius 3 is 2.62 bits per heavy atom. The van der Waals surface area contributed by atoms with Crippen molar-refractivity contribution in [3.05, 3.63) is 12.2 Å². The van der Waals surface area contributed by atoms with Crippen molar-refractivity contribution < 1.29 is 9.16 Å². The first-order valence-electron chi connectivity index (χ1n) is 6.42. The van der Waals surface area contributed by atoms with E-state index in [2.05, 4.69) is 27.4 Å². The lowest BCUT2D eigenvalue weighted by atomic mass is 10.0. The molecule has 2 unspecified atom stereocenters. The third-order valence-corrected chi connectivity index (χ3v) is 6.58. The molecule has 0 radical (unpaired) electrons. The normalized spacial score (nSPS) is 24.1. The predicted octanol–water partition coefficient (Wildman–Crippen LogP) is 3.21. The van der Waals surface area contributed by atoms with Crippen LogP contribution < -0.4 is 0 Å². The molecule has 1 saturated heterocycles. The van der Waals surface area contributed by atoms with Crippen molar-refractivity contribution in [2.75, 3.05) is 6.61 Å². The Labute approximate surface area is 102 Å². The van der Waals surface area contributed by atoms with Gasteiger partial charge in [-0.2, -0.15) is 0 Å². The highest BCUT2D eigenvalue weighted by Gasteiger charge is 2.31. The Morgan fingerprint density at radius 1 is 1.50 bits per heavy atom. The Balaban J connectivity index is 2.56. The summed E-state index contributed by atoms with van der Waals surface area (Å²) in [6, 6.07) is 1.27. The van der Waals surface area contributed by atoms with Gasteiger partial charge in [-0.25, -0.2) is 0 Å². The molecule has 1 heterocycles. The second kappa shape index (κ2) is 5.99. The summed E-state index contributed by atoms with van der Waals surface area (Å²) in [5, 5.41) is 0. The summed E-state index contributed by atoms with van der Waals surface area (Å²) < 4.78 is 12.2. The van der Waals surface area contributed by atoms with E-state index in [1.807, 2.05) is 6.92 Å². The van der Waals surface area contributed by atoms with Crippen molar-refractivity contribution >= 4 is 9.04 Å². The van der Waals surface area contributed by atoms with Gasteiger partial charge in [0.2, 0.25) is 9.04 Å². The van der Waals surface area contributed by atoms with Crippen molar-refractivity contribution in [3.8, 4) is 0 Å². The molecule has 1 aliphatic heterocycles. The zero-order valence-corrected chi connectivity index (χ0v) is 12.4. The van der Waals surface area contributed by atoms with Crippen molar-refractivity contribution in [1.29, 1.82) is 0 Å². The van der Waals surface area contributed by atoms with Crippen LogP contribution in [0, 0.1) is 0 Å². The van der Waals surface area contributed by atoms with Crippen LogP contribution in [0.2, 0.25) is 6.04 Å². The van der Waals surface area contributed by atoms with Crippen molar-refractivity contribution in [2.45, 2.75) is 64.3 Å². The lowest BCUT2D eigenvalue weighted by Crippen LogP contribution is -2.43. The maximum atomic E-state index is 6.23. The molecule has 3 heteroatoms. The minimum absolute atomic E-state index is 0.214. The van der Waals surface area contributed by atoms with E-state index in [4.69, 9.17) is 9.16 Å². The summed E-state index contributed by atoms with van der Waals surface area (Å²) in [6.07, 6.45) is 3.61. The first-order chi connectivity index (χ1) is 7.47. The minimum Gasteiger partial charge on any atom is -0.417 e. The molecule has 0 aromatic heterocycles. The molecule has 0 bridgehead atoms. The van der Waals surface area contributed by atoms with Gasteiger partial charge in [0.1, 0.15) is 0 Å². The quantitative estimate of drug-likeness (QED) is 0.544. The summed E-state index contributed by atoms with van der Waals surface area (Å²) in [5.41, 5.74) is 1.22. The Bertz CT molecular complexity index is 232. The van der Waals surface area contributed by atoms with Gasteiger partial charge in [0.05, 0.1) is 11.3 Å². The van der Waals surface area contributed by atoms with Crippen LogP contribution in [0.4, 0.5) is 0 Å². The average Bonchev–Trinajstić information content (AvgIpc) is 2.27. The van der Waals surface area contributed by atoms with E-state index in [1.54, 1.807) is 0 Å². The Morgan fingerprint density at radius 2 is 2.19 bits per heavy atom. The zero-order valence-electron chi connectivity index (χ0n) is 11.2. The van der Waals surface area contributed by atoms with Crippen LogP contribution in [-0.2, 0) is 9.16 Å². The molecule has 1 aliphatic rings. The summed E-state index contributed by atoms with van der Waals surface area (Å²) >= 11 is 0. The molecule has 0 aliphatic carbocycles. The lowest BCUT2D eigenvalue weighted by Gasteiger charge is -2.35. The van der Waals surface area contributed by atoms with E-state index < -0.39 is 9.04 Å².